The molecule has 152 valence electrons. The van der Waals surface area contributed by atoms with E-state index in [1.807, 2.05) is 20.8 Å². The quantitative estimate of drug-likeness (QED) is 0.672. The van der Waals surface area contributed by atoms with Crippen LogP contribution in [0.5, 0.6) is 0 Å². The van der Waals surface area contributed by atoms with E-state index < -0.39 is 16.1 Å². The Morgan fingerprint density at radius 2 is 1.64 bits per heavy atom. The lowest BCUT2D eigenvalue weighted by Gasteiger charge is -2.20. The van der Waals surface area contributed by atoms with E-state index >= 15 is 0 Å². The van der Waals surface area contributed by atoms with Crippen LogP contribution in [0.4, 0.5) is 4.39 Å². The molecule has 5 nitrogen and oxygen atoms in total. The van der Waals surface area contributed by atoms with Gasteiger partial charge in [0, 0.05) is 6.54 Å². The van der Waals surface area contributed by atoms with Crippen molar-refractivity contribution in [2.24, 2.45) is 5.92 Å². The molecule has 2 rings (SSSR count). The Morgan fingerprint density at radius 3 is 2.21 bits per heavy atom. The zero-order valence-electron chi connectivity index (χ0n) is 16.4. The van der Waals surface area contributed by atoms with Crippen molar-refractivity contribution in [3.63, 3.8) is 0 Å². The second kappa shape index (κ2) is 9.80. The van der Waals surface area contributed by atoms with Gasteiger partial charge in [0.05, 0.1) is 4.90 Å². The Balaban J connectivity index is 2.01. The molecule has 0 aliphatic carbocycles. The third-order valence-corrected chi connectivity index (χ3v) is 5.77. The van der Waals surface area contributed by atoms with E-state index in [-0.39, 0.29) is 22.5 Å². The van der Waals surface area contributed by atoms with Gasteiger partial charge >= 0.3 is 0 Å². The van der Waals surface area contributed by atoms with Crippen molar-refractivity contribution >= 4 is 15.9 Å². The summed E-state index contributed by atoms with van der Waals surface area (Å²) in [7, 11) is -3.80. The summed E-state index contributed by atoms with van der Waals surface area (Å²) in [5, 5.41) is 2.77. The van der Waals surface area contributed by atoms with Crippen LogP contribution in [-0.4, -0.2) is 26.9 Å². The fourth-order valence-electron chi connectivity index (χ4n) is 2.76. The summed E-state index contributed by atoms with van der Waals surface area (Å²) < 4.78 is 40.8. The topological polar surface area (TPSA) is 75.3 Å². The number of hydrogen-bond acceptors (Lipinski definition) is 3. The van der Waals surface area contributed by atoms with Crippen LogP contribution in [0.25, 0.3) is 0 Å². The molecule has 0 aromatic heterocycles. The maximum Gasteiger partial charge on any atom is 0.241 e. The van der Waals surface area contributed by atoms with Crippen LogP contribution in [0.3, 0.4) is 0 Å². The van der Waals surface area contributed by atoms with Gasteiger partial charge in [-0.2, -0.15) is 4.72 Å². The number of sulfonamides is 1. The van der Waals surface area contributed by atoms with Gasteiger partial charge in [0.15, 0.2) is 0 Å². The summed E-state index contributed by atoms with van der Waals surface area (Å²) in [6.45, 7) is 6.07. The second-order valence-electron chi connectivity index (χ2n) is 7.28. The van der Waals surface area contributed by atoms with Gasteiger partial charge in [0.2, 0.25) is 15.9 Å². The molecule has 0 radical (unpaired) electrons. The van der Waals surface area contributed by atoms with Gasteiger partial charge in [-0.05, 0) is 55.5 Å². The molecular formula is C21H27FN2O3S. The van der Waals surface area contributed by atoms with Crippen LogP contribution in [0, 0.1) is 18.7 Å². The summed E-state index contributed by atoms with van der Waals surface area (Å²) in [6, 6.07) is 11.7. The molecule has 0 unspecified atom stereocenters. The van der Waals surface area contributed by atoms with Gasteiger partial charge in [0.25, 0.3) is 0 Å². The highest BCUT2D eigenvalue weighted by atomic mass is 32.2. The molecule has 0 saturated heterocycles. The van der Waals surface area contributed by atoms with Gasteiger partial charge in [-0.1, -0.05) is 43.7 Å². The van der Waals surface area contributed by atoms with Crippen molar-refractivity contribution in [3.05, 3.63) is 65.5 Å². The lowest BCUT2D eigenvalue weighted by atomic mass is 10.0. The average molecular weight is 407 g/mol. The lowest BCUT2D eigenvalue weighted by Crippen LogP contribution is -2.47. The number of aryl methyl sites for hydroxylation is 1. The SMILES string of the molecule is Cc1ccc(S(=O)(=O)N[C@H](CC(C)C)C(=O)NCCc2ccc(F)cc2)cc1. The minimum Gasteiger partial charge on any atom is -0.354 e. The first kappa shape index (κ1) is 22.0. The van der Waals surface area contributed by atoms with Crippen LogP contribution in [-0.2, 0) is 21.2 Å². The van der Waals surface area contributed by atoms with E-state index in [0.29, 0.717) is 19.4 Å². The average Bonchev–Trinajstić information content (AvgIpc) is 2.62. The molecule has 0 heterocycles. The van der Waals surface area contributed by atoms with Gasteiger partial charge in [0.1, 0.15) is 11.9 Å². The molecule has 7 heteroatoms. The maximum absolute atomic E-state index is 12.9. The Morgan fingerprint density at radius 1 is 1.04 bits per heavy atom. The van der Waals surface area contributed by atoms with Crippen LogP contribution >= 0.6 is 0 Å². The lowest BCUT2D eigenvalue weighted by molar-refractivity contribution is -0.123. The fourth-order valence-corrected chi connectivity index (χ4v) is 3.97. The number of amides is 1. The molecule has 28 heavy (non-hydrogen) atoms. The summed E-state index contributed by atoms with van der Waals surface area (Å²) in [6.07, 6.45) is 0.915. The third-order valence-electron chi connectivity index (χ3n) is 4.28. The molecule has 1 atom stereocenters. The molecular weight excluding hydrogens is 379 g/mol. The molecule has 0 saturated carbocycles. The normalized spacial score (nSPS) is 12.8. The van der Waals surface area contributed by atoms with Crippen molar-refractivity contribution in [1.82, 2.24) is 10.0 Å². The van der Waals surface area contributed by atoms with Crippen LogP contribution in [0.15, 0.2) is 53.4 Å². The molecule has 2 aromatic rings. The zero-order valence-corrected chi connectivity index (χ0v) is 17.2. The highest BCUT2D eigenvalue weighted by Gasteiger charge is 2.26. The van der Waals surface area contributed by atoms with Crippen LogP contribution in [0.1, 0.15) is 31.4 Å². The van der Waals surface area contributed by atoms with E-state index in [1.54, 1.807) is 24.3 Å². The number of carbonyl (C=O) groups is 1. The van der Waals surface area contributed by atoms with Crippen LogP contribution in [0.2, 0.25) is 0 Å². The smallest absolute Gasteiger partial charge is 0.241 e. The summed E-state index contributed by atoms with van der Waals surface area (Å²) in [4.78, 5) is 12.7. The van der Waals surface area contributed by atoms with E-state index in [4.69, 9.17) is 0 Å². The second-order valence-corrected chi connectivity index (χ2v) is 9.00. The summed E-state index contributed by atoms with van der Waals surface area (Å²) >= 11 is 0. The molecule has 2 aromatic carbocycles. The molecule has 0 spiro atoms. The number of rotatable bonds is 9. The first-order valence-corrected chi connectivity index (χ1v) is 10.8. The molecule has 0 aliphatic rings. The third kappa shape index (κ3) is 6.73. The van der Waals surface area contributed by atoms with E-state index in [0.717, 1.165) is 11.1 Å². The summed E-state index contributed by atoms with van der Waals surface area (Å²) in [5.41, 5.74) is 1.85. The highest BCUT2D eigenvalue weighted by molar-refractivity contribution is 7.89. The Hall–Kier alpha value is -2.25. The first-order chi connectivity index (χ1) is 13.2. The van der Waals surface area contributed by atoms with Gasteiger partial charge in [-0.25, -0.2) is 12.8 Å². The fraction of sp³-hybridized carbons (Fsp3) is 0.381. The highest BCUT2D eigenvalue weighted by Crippen LogP contribution is 2.13. The minimum absolute atomic E-state index is 0.131. The van der Waals surface area contributed by atoms with Crippen molar-refractivity contribution in [2.45, 2.75) is 44.6 Å². The Kier molecular flexibility index (Phi) is 7.71. The molecule has 0 bridgehead atoms. The number of benzene rings is 2. The number of hydrogen-bond donors (Lipinski definition) is 2. The molecule has 2 N–H and O–H groups in total. The van der Waals surface area contributed by atoms with E-state index in [2.05, 4.69) is 10.0 Å². The minimum atomic E-state index is -3.80. The van der Waals surface area contributed by atoms with Crippen molar-refractivity contribution in [1.29, 1.82) is 0 Å². The molecule has 1 amide bonds. The predicted octanol–water partition coefficient (Wildman–Crippen LogP) is 3.19. The Labute approximate surface area is 166 Å². The molecule has 0 aliphatic heterocycles. The number of carbonyl (C=O) groups excluding carboxylic acids is 1. The number of nitrogens with one attached hydrogen (secondary N) is 2. The maximum atomic E-state index is 12.9. The van der Waals surface area contributed by atoms with E-state index in [9.17, 15) is 17.6 Å². The monoisotopic (exact) mass is 406 g/mol. The van der Waals surface area contributed by atoms with Gasteiger partial charge in [-0.3, -0.25) is 4.79 Å². The van der Waals surface area contributed by atoms with Gasteiger partial charge in [-0.15, -0.1) is 0 Å². The van der Waals surface area contributed by atoms with Crippen molar-refractivity contribution in [2.75, 3.05) is 6.54 Å². The largest absolute Gasteiger partial charge is 0.354 e. The van der Waals surface area contributed by atoms with Gasteiger partial charge < -0.3 is 5.32 Å². The predicted molar refractivity (Wildman–Crippen MR) is 108 cm³/mol. The first-order valence-electron chi connectivity index (χ1n) is 9.28. The molecule has 0 fully saturated rings. The van der Waals surface area contributed by atoms with E-state index in [1.165, 1.54) is 24.3 Å². The van der Waals surface area contributed by atoms with Crippen molar-refractivity contribution in [3.8, 4) is 0 Å². The Bertz CT molecular complexity index is 879. The number of halogens is 1. The van der Waals surface area contributed by atoms with Crippen molar-refractivity contribution < 1.29 is 17.6 Å². The van der Waals surface area contributed by atoms with Crippen LogP contribution < -0.4 is 10.0 Å². The standard InChI is InChI=1S/C21H27FN2O3S/c1-15(2)14-20(24-28(26,27)19-10-4-16(3)5-11-19)21(25)23-13-12-17-6-8-18(22)9-7-17/h4-11,15,20,24H,12-14H2,1-3H3,(H,23,25)/t20-/m1/s1. The summed E-state index contributed by atoms with van der Waals surface area (Å²) in [5.74, 6) is -0.546. The zero-order chi connectivity index (χ0) is 20.7.